The third kappa shape index (κ3) is 4.23. The summed E-state index contributed by atoms with van der Waals surface area (Å²) in [5, 5.41) is 3.05. The fourth-order valence-corrected chi connectivity index (χ4v) is 3.44. The molecule has 0 heterocycles. The van der Waals surface area contributed by atoms with E-state index in [4.69, 9.17) is 0 Å². The van der Waals surface area contributed by atoms with Crippen LogP contribution in [0.1, 0.15) is 39.0 Å². The SMILES string of the molecule is CC1(C(=O)NCCCSc2ccc(F)cc2)CCCC1. The molecule has 0 radical (unpaired) electrons. The maximum Gasteiger partial charge on any atom is 0.225 e. The average molecular weight is 295 g/mol. The van der Waals surface area contributed by atoms with E-state index in [-0.39, 0.29) is 17.1 Å². The van der Waals surface area contributed by atoms with E-state index in [1.807, 2.05) is 0 Å². The fourth-order valence-electron chi connectivity index (χ4n) is 2.59. The highest BCUT2D eigenvalue weighted by Gasteiger charge is 2.35. The van der Waals surface area contributed by atoms with Crippen molar-refractivity contribution < 1.29 is 9.18 Å². The predicted molar refractivity (Wildman–Crippen MR) is 81.3 cm³/mol. The summed E-state index contributed by atoms with van der Waals surface area (Å²) in [6.45, 7) is 2.80. The van der Waals surface area contributed by atoms with Crippen molar-refractivity contribution in [3.63, 3.8) is 0 Å². The lowest BCUT2D eigenvalue weighted by atomic mass is 9.88. The molecule has 2 nitrogen and oxygen atoms in total. The molecule has 4 heteroatoms. The molecule has 0 spiro atoms. The summed E-state index contributed by atoms with van der Waals surface area (Å²) in [4.78, 5) is 13.1. The van der Waals surface area contributed by atoms with Crippen LogP contribution in [0.25, 0.3) is 0 Å². The summed E-state index contributed by atoms with van der Waals surface area (Å²) in [7, 11) is 0. The smallest absolute Gasteiger partial charge is 0.225 e. The standard InChI is InChI=1S/C16H22FNOS/c1-16(9-2-3-10-16)15(19)18-11-4-12-20-14-7-5-13(17)6-8-14/h5-8H,2-4,9-12H2,1H3,(H,18,19). The molecule has 0 unspecified atom stereocenters. The molecule has 0 aliphatic heterocycles. The van der Waals surface area contributed by atoms with Gasteiger partial charge in [-0.05, 0) is 49.3 Å². The topological polar surface area (TPSA) is 29.1 Å². The van der Waals surface area contributed by atoms with Crippen LogP contribution in [0.3, 0.4) is 0 Å². The molecule has 1 saturated carbocycles. The molecule has 20 heavy (non-hydrogen) atoms. The lowest BCUT2D eigenvalue weighted by molar-refractivity contribution is -0.129. The van der Waals surface area contributed by atoms with E-state index in [2.05, 4.69) is 12.2 Å². The lowest BCUT2D eigenvalue weighted by Gasteiger charge is -2.22. The van der Waals surface area contributed by atoms with Crippen LogP contribution in [0.5, 0.6) is 0 Å². The second-order valence-electron chi connectivity index (χ2n) is 5.68. The van der Waals surface area contributed by atoms with Crippen molar-refractivity contribution >= 4 is 17.7 Å². The van der Waals surface area contributed by atoms with Crippen molar-refractivity contribution in [2.45, 2.75) is 43.9 Å². The van der Waals surface area contributed by atoms with E-state index >= 15 is 0 Å². The molecule has 1 aromatic carbocycles. The first kappa shape index (κ1) is 15.4. The fraction of sp³-hybridized carbons (Fsp3) is 0.562. The molecule has 0 saturated heterocycles. The molecule has 1 N–H and O–H groups in total. The minimum atomic E-state index is -0.202. The summed E-state index contributed by atoms with van der Waals surface area (Å²) >= 11 is 1.69. The number of hydrogen-bond donors (Lipinski definition) is 1. The van der Waals surface area contributed by atoms with Crippen molar-refractivity contribution in [3.8, 4) is 0 Å². The molecule has 0 bridgehead atoms. The Balaban J connectivity index is 1.62. The number of nitrogens with one attached hydrogen (secondary N) is 1. The third-order valence-electron chi connectivity index (χ3n) is 3.94. The summed E-state index contributed by atoms with van der Waals surface area (Å²) in [5.41, 5.74) is -0.135. The van der Waals surface area contributed by atoms with Crippen LogP contribution in [-0.4, -0.2) is 18.2 Å². The van der Waals surface area contributed by atoms with Gasteiger partial charge < -0.3 is 5.32 Å². The molecule has 1 aliphatic rings. The van der Waals surface area contributed by atoms with E-state index in [0.29, 0.717) is 0 Å². The molecule has 2 rings (SSSR count). The molecule has 1 amide bonds. The zero-order valence-corrected chi connectivity index (χ0v) is 12.8. The van der Waals surface area contributed by atoms with Crippen molar-refractivity contribution in [2.24, 2.45) is 5.41 Å². The van der Waals surface area contributed by atoms with E-state index in [9.17, 15) is 9.18 Å². The third-order valence-corrected chi connectivity index (χ3v) is 5.04. The summed E-state index contributed by atoms with van der Waals surface area (Å²) < 4.78 is 12.7. The van der Waals surface area contributed by atoms with Crippen LogP contribution in [0.4, 0.5) is 4.39 Å². The van der Waals surface area contributed by atoms with Gasteiger partial charge in [0.25, 0.3) is 0 Å². The Morgan fingerprint density at radius 3 is 2.60 bits per heavy atom. The second-order valence-corrected chi connectivity index (χ2v) is 6.85. The first-order chi connectivity index (χ1) is 9.60. The van der Waals surface area contributed by atoms with E-state index in [1.54, 1.807) is 23.9 Å². The Kier molecular flexibility index (Phi) is 5.46. The molecular weight excluding hydrogens is 273 g/mol. The molecule has 1 fully saturated rings. The van der Waals surface area contributed by atoms with Gasteiger partial charge in [0, 0.05) is 16.9 Å². The minimum absolute atomic E-state index is 0.135. The van der Waals surface area contributed by atoms with Crippen LogP contribution in [0.2, 0.25) is 0 Å². The first-order valence-corrected chi connectivity index (χ1v) is 8.25. The van der Waals surface area contributed by atoms with Gasteiger partial charge in [-0.3, -0.25) is 4.79 Å². The van der Waals surface area contributed by atoms with Gasteiger partial charge in [0.1, 0.15) is 5.82 Å². The zero-order chi connectivity index (χ0) is 14.4. The predicted octanol–water partition coefficient (Wildman–Crippen LogP) is 4.00. The molecule has 1 aromatic rings. The molecule has 0 aromatic heterocycles. The maximum absolute atomic E-state index is 12.7. The number of hydrogen-bond acceptors (Lipinski definition) is 2. The molecule has 110 valence electrons. The molecule has 1 aliphatic carbocycles. The normalized spacial score (nSPS) is 17.1. The number of benzene rings is 1. The summed E-state index contributed by atoms with van der Waals surface area (Å²) in [6, 6.07) is 6.53. The summed E-state index contributed by atoms with van der Waals surface area (Å²) in [6.07, 6.45) is 5.31. The van der Waals surface area contributed by atoms with Crippen LogP contribution < -0.4 is 5.32 Å². The van der Waals surface area contributed by atoms with Crippen LogP contribution in [0, 0.1) is 11.2 Å². The van der Waals surface area contributed by atoms with Gasteiger partial charge in [-0.25, -0.2) is 4.39 Å². The zero-order valence-electron chi connectivity index (χ0n) is 12.0. The number of amides is 1. The monoisotopic (exact) mass is 295 g/mol. The van der Waals surface area contributed by atoms with Gasteiger partial charge in [0.2, 0.25) is 5.91 Å². The second kappa shape index (κ2) is 7.11. The van der Waals surface area contributed by atoms with E-state index < -0.39 is 0 Å². The Morgan fingerprint density at radius 2 is 1.95 bits per heavy atom. The number of carbonyl (C=O) groups excluding carboxylic acids is 1. The van der Waals surface area contributed by atoms with Gasteiger partial charge in [-0.15, -0.1) is 11.8 Å². The van der Waals surface area contributed by atoms with Crippen LogP contribution in [-0.2, 0) is 4.79 Å². The van der Waals surface area contributed by atoms with Crippen molar-refractivity contribution in [3.05, 3.63) is 30.1 Å². The average Bonchev–Trinajstić information content (AvgIpc) is 2.88. The number of carbonyl (C=O) groups is 1. The highest BCUT2D eigenvalue weighted by atomic mass is 32.2. The highest BCUT2D eigenvalue weighted by molar-refractivity contribution is 7.99. The number of thioether (sulfide) groups is 1. The minimum Gasteiger partial charge on any atom is -0.356 e. The molecular formula is C16H22FNOS. The number of halogens is 1. The van der Waals surface area contributed by atoms with Crippen molar-refractivity contribution in [1.29, 1.82) is 0 Å². The van der Waals surface area contributed by atoms with Gasteiger partial charge in [-0.1, -0.05) is 19.8 Å². The maximum atomic E-state index is 12.7. The van der Waals surface area contributed by atoms with E-state index in [1.165, 1.54) is 25.0 Å². The van der Waals surface area contributed by atoms with Crippen LogP contribution >= 0.6 is 11.8 Å². The largest absolute Gasteiger partial charge is 0.356 e. The highest BCUT2D eigenvalue weighted by Crippen LogP contribution is 2.37. The van der Waals surface area contributed by atoms with Crippen LogP contribution in [0.15, 0.2) is 29.2 Å². The van der Waals surface area contributed by atoms with Crippen molar-refractivity contribution in [2.75, 3.05) is 12.3 Å². The van der Waals surface area contributed by atoms with Gasteiger partial charge in [0.15, 0.2) is 0 Å². The van der Waals surface area contributed by atoms with E-state index in [0.717, 1.165) is 36.5 Å². The van der Waals surface area contributed by atoms with Gasteiger partial charge >= 0.3 is 0 Å². The van der Waals surface area contributed by atoms with Gasteiger partial charge in [-0.2, -0.15) is 0 Å². The van der Waals surface area contributed by atoms with Gasteiger partial charge in [0.05, 0.1) is 0 Å². The van der Waals surface area contributed by atoms with Crippen molar-refractivity contribution in [1.82, 2.24) is 5.32 Å². The molecule has 0 atom stereocenters. The Bertz CT molecular complexity index is 440. The Labute approximate surface area is 124 Å². The lowest BCUT2D eigenvalue weighted by Crippen LogP contribution is -2.37. The Hall–Kier alpha value is -1.03. The quantitative estimate of drug-likeness (QED) is 0.635. The number of rotatable bonds is 6. The summed E-state index contributed by atoms with van der Waals surface area (Å²) in [5.74, 6) is 0.941. The Morgan fingerprint density at radius 1 is 1.30 bits per heavy atom. The first-order valence-electron chi connectivity index (χ1n) is 7.27.